The zero-order chi connectivity index (χ0) is 17.8. The molecule has 144 valence electrons. The van der Waals surface area contributed by atoms with E-state index in [0.29, 0.717) is 11.8 Å². The zero-order valence-electron chi connectivity index (χ0n) is 15.3. The number of phenolic OH excluding ortho intramolecular Hbond substituents is 1. The molecule has 1 aromatic carbocycles. The van der Waals surface area contributed by atoms with E-state index in [1.54, 1.807) is 0 Å². The Morgan fingerprint density at radius 1 is 0.926 bits per heavy atom. The van der Waals surface area contributed by atoms with Crippen LogP contribution in [-0.2, 0) is 25.7 Å². The van der Waals surface area contributed by atoms with Gasteiger partial charge in [0.2, 0.25) is 0 Å². The van der Waals surface area contributed by atoms with E-state index in [9.17, 15) is 5.11 Å². The summed E-state index contributed by atoms with van der Waals surface area (Å²) in [7, 11) is 0. The molecule has 2 heterocycles. The number of hydrogen-bond acceptors (Lipinski definition) is 4. The second-order valence-electron chi connectivity index (χ2n) is 7.01. The van der Waals surface area contributed by atoms with Gasteiger partial charge in [-0.1, -0.05) is 24.3 Å². The SMILES string of the molecule is Cl.Oc1cccc2c1CC[C@H](N(CCc1cccs1)CCc1cccs1)C2. The lowest BCUT2D eigenvalue weighted by molar-refractivity contribution is 0.183. The van der Waals surface area contributed by atoms with E-state index < -0.39 is 0 Å². The van der Waals surface area contributed by atoms with Crippen molar-refractivity contribution >= 4 is 35.1 Å². The number of phenols is 1. The highest BCUT2D eigenvalue weighted by Gasteiger charge is 2.25. The zero-order valence-corrected chi connectivity index (χ0v) is 17.8. The van der Waals surface area contributed by atoms with Crippen LogP contribution in [0, 0.1) is 0 Å². The maximum Gasteiger partial charge on any atom is 0.119 e. The molecule has 27 heavy (non-hydrogen) atoms. The summed E-state index contributed by atoms with van der Waals surface area (Å²) >= 11 is 3.72. The van der Waals surface area contributed by atoms with Gasteiger partial charge in [0.15, 0.2) is 0 Å². The monoisotopic (exact) mass is 419 g/mol. The predicted octanol–water partition coefficient (Wildman–Crippen LogP) is 5.58. The fraction of sp³-hybridized carbons (Fsp3) is 0.364. The first-order valence-corrected chi connectivity index (χ1v) is 11.1. The topological polar surface area (TPSA) is 23.5 Å². The lowest BCUT2D eigenvalue weighted by Gasteiger charge is -2.35. The number of fused-ring (bicyclic) bond motifs is 1. The van der Waals surface area contributed by atoms with Gasteiger partial charge in [0.05, 0.1) is 0 Å². The molecule has 1 aliphatic rings. The number of hydrogen-bond donors (Lipinski definition) is 1. The van der Waals surface area contributed by atoms with Gasteiger partial charge in [-0.05, 0) is 72.2 Å². The van der Waals surface area contributed by atoms with Crippen molar-refractivity contribution < 1.29 is 5.11 Å². The maximum atomic E-state index is 10.1. The van der Waals surface area contributed by atoms with Crippen LogP contribution in [-0.4, -0.2) is 29.1 Å². The van der Waals surface area contributed by atoms with Crippen LogP contribution in [0.1, 0.15) is 27.3 Å². The molecular weight excluding hydrogens is 394 g/mol. The highest BCUT2D eigenvalue weighted by Crippen LogP contribution is 2.31. The van der Waals surface area contributed by atoms with E-state index in [2.05, 4.69) is 46.0 Å². The Morgan fingerprint density at radius 2 is 1.59 bits per heavy atom. The fourth-order valence-electron chi connectivity index (χ4n) is 3.97. The molecule has 0 saturated carbocycles. The van der Waals surface area contributed by atoms with Gasteiger partial charge in [-0.3, -0.25) is 4.90 Å². The van der Waals surface area contributed by atoms with Crippen molar-refractivity contribution in [1.29, 1.82) is 0 Å². The molecule has 4 rings (SSSR count). The molecule has 1 aliphatic carbocycles. The third-order valence-electron chi connectivity index (χ3n) is 5.40. The van der Waals surface area contributed by atoms with Crippen LogP contribution in [0.3, 0.4) is 0 Å². The standard InChI is InChI=1S/C22H25NOS2.ClH/c24-22-7-1-4-17-16-18(8-9-21(17)22)23(12-10-19-5-2-14-25-19)13-11-20-6-3-15-26-20;/h1-7,14-15,18,24H,8-13,16H2;1H/t18-;/m0./s1. The number of thiophene rings is 2. The molecule has 0 bridgehead atoms. The molecule has 0 unspecified atom stereocenters. The average molecular weight is 420 g/mol. The van der Waals surface area contributed by atoms with Crippen molar-refractivity contribution in [2.45, 2.75) is 38.1 Å². The van der Waals surface area contributed by atoms with E-state index in [0.717, 1.165) is 45.2 Å². The van der Waals surface area contributed by atoms with Crippen LogP contribution in [0.4, 0.5) is 0 Å². The molecule has 5 heteroatoms. The molecule has 0 spiro atoms. The summed E-state index contributed by atoms with van der Waals surface area (Å²) in [4.78, 5) is 5.63. The van der Waals surface area contributed by atoms with E-state index >= 15 is 0 Å². The van der Waals surface area contributed by atoms with Gasteiger partial charge >= 0.3 is 0 Å². The molecule has 0 fully saturated rings. The predicted molar refractivity (Wildman–Crippen MR) is 119 cm³/mol. The van der Waals surface area contributed by atoms with Crippen molar-refractivity contribution in [3.05, 3.63) is 74.1 Å². The number of benzene rings is 1. The minimum atomic E-state index is 0. The Balaban J connectivity index is 0.00000210. The minimum Gasteiger partial charge on any atom is -0.508 e. The van der Waals surface area contributed by atoms with Gasteiger partial charge in [0.25, 0.3) is 0 Å². The summed E-state index contributed by atoms with van der Waals surface area (Å²) in [6.45, 7) is 2.23. The summed E-state index contributed by atoms with van der Waals surface area (Å²) < 4.78 is 0. The molecular formula is C22H26ClNOS2. The van der Waals surface area contributed by atoms with Gasteiger partial charge in [-0.2, -0.15) is 0 Å². The largest absolute Gasteiger partial charge is 0.508 e. The third-order valence-corrected chi connectivity index (χ3v) is 7.27. The first-order valence-electron chi connectivity index (χ1n) is 9.38. The minimum absolute atomic E-state index is 0. The summed E-state index contributed by atoms with van der Waals surface area (Å²) in [6.07, 6.45) is 5.44. The first-order chi connectivity index (χ1) is 12.8. The molecule has 1 atom stereocenters. The molecule has 0 aliphatic heterocycles. The van der Waals surface area contributed by atoms with E-state index in [-0.39, 0.29) is 12.4 Å². The Labute approximate surface area is 175 Å². The van der Waals surface area contributed by atoms with E-state index in [4.69, 9.17) is 0 Å². The molecule has 3 aromatic rings. The Bertz CT molecular complexity index is 779. The molecule has 0 saturated heterocycles. The first kappa shape index (κ1) is 20.4. The quantitative estimate of drug-likeness (QED) is 0.540. The molecule has 2 aromatic heterocycles. The smallest absolute Gasteiger partial charge is 0.119 e. The highest BCUT2D eigenvalue weighted by molar-refractivity contribution is 7.10. The number of aromatic hydroxyl groups is 1. The van der Waals surface area contributed by atoms with Gasteiger partial charge < -0.3 is 5.11 Å². The van der Waals surface area contributed by atoms with E-state index in [1.165, 1.54) is 20.9 Å². The van der Waals surface area contributed by atoms with Crippen molar-refractivity contribution in [3.8, 4) is 5.75 Å². The van der Waals surface area contributed by atoms with Crippen LogP contribution < -0.4 is 0 Å². The number of halogens is 1. The van der Waals surface area contributed by atoms with Gasteiger partial charge in [0, 0.05) is 28.9 Å². The van der Waals surface area contributed by atoms with Gasteiger partial charge in [-0.25, -0.2) is 0 Å². The highest BCUT2D eigenvalue weighted by atomic mass is 35.5. The molecule has 1 N–H and O–H groups in total. The summed E-state index contributed by atoms with van der Waals surface area (Å²) in [5.41, 5.74) is 2.50. The second kappa shape index (κ2) is 9.74. The molecule has 0 amide bonds. The average Bonchev–Trinajstić information content (AvgIpc) is 3.36. The Hall–Kier alpha value is -1.33. The summed E-state index contributed by atoms with van der Waals surface area (Å²) in [6, 6.07) is 15.4. The molecule has 2 nitrogen and oxygen atoms in total. The Morgan fingerprint density at radius 3 is 2.19 bits per heavy atom. The maximum absolute atomic E-state index is 10.1. The van der Waals surface area contributed by atoms with E-state index in [1.807, 2.05) is 34.8 Å². The van der Waals surface area contributed by atoms with Crippen molar-refractivity contribution in [3.63, 3.8) is 0 Å². The van der Waals surface area contributed by atoms with Crippen LogP contribution in [0.2, 0.25) is 0 Å². The molecule has 0 radical (unpaired) electrons. The third kappa shape index (κ3) is 5.14. The summed E-state index contributed by atoms with van der Waals surface area (Å²) in [5.74, 6) is 0.477. The normalized spacial score (nSPS) is 16.1. The van der Waals surface area contributed by atoms with Crippen molar-refractivity contribution in [2.24, 2.45) is 0 Å². The fourth-order valence-corrected chi connectivity index (χ4v) is 5.37. The van der Waals surface area contributed by atoms with Gasteiger partial charge in [0.1, 0.15) is 5.75 Å². The van der Waals surface area contributed by atoms with Crippen LogP contribution in [0.15, 0.2) is 53.2 Å². The van der Waals surface area contributed by atoms with Crippen LogP contribution >= 0.6 is 35.1 Å². The van der Waals surface area contributed by atoms with Crippen molar-refractivity contribution in [2.75, 3.05) is 13.1 Å². The summed E-state index contributed by atoms with van der Waals surface area (Å²) in [5, 5.41) is 14.5. The lowest BCUT2D eigenvalue weighted by atomic mass is 9.86. The van der Waals surface area contributed by atoms with Crippen molar-refractivity contribution in [1.82, 2.24) is 4.90 Å². The van der Waals surface area contributed by atoms with Gasteiger partial charge in [-0.15, -0.1) is 35.1 Å². The number of nitrogens with zero attached hydrogens (tertiary/aromatic N) is 1. The lowest BCUT2D eigenvalue weighted by Crippen LogP contribution is -2.41. The second-order valence-corrected chi connectivity index (χ2v) is 9.07. The van der Waals surface area contributed by atoms with Crippen LogP contribution in [0.5, 0.6) is 5.75 Å². The Kier molecular flexibility index (Phi) is 7.36. The van der Waals surface area contributed by atoms with Crippen LogP contribution in [0.25, 0.3) is 0 Å². The number of rotatable bonds is 7.